The predicted octanol–water partition coefficient (Wildman–Crippen LogP) is 1.19. The van der Waals surface area contributed by atoms with Gasteiger partial charge in [0.2, 0.25) is 0 Å². The van der Waals surface area contributed by atoms with Crippen molar-refractivity contribution >= 4 is 27.7 Å². The topological polar surface area (TPSA) is 122 Å². The molecule has 1 aromatic rings. The molecule has 0 aliphatic carbocycles. The third-order valence-corrected chi connectivity index (χ3v) is 5.99. The Balaban J connectivity index is 2.13. The highest BCUT2D eigenvalue weighted by molar-refractivity contribution is 7.90. The van der Waals surface area contributed by atoms with Gasteiger partial charge in [-0.1, -0.05) is 30.3 Å². The number of ether oxygens (including phenoxy) is 4. The number of rotatable bonds is 9. The molecule has 1 fully saturated rings. The lowest BCUT2D eigenvalue weighted by atomic mass is 10.1. The Morgan fingerprint density at radius 3 is 2.30 bits per heavy atom. The van der Waals surface area contributed by atoms with E-state index in [1.165, 1.54) is 20.8 Å². The molecule has 9 nitrogen and oxygen atoms in total. The van der Waals surface area contributed by atoms with Gasteiger partial charge in [-0.25, -0.2) is 8.42 Å². The molecule has 1 heterocycles. The van der Waals surface area contributed by atoms with E-state index in [2.05, 4.69) is 0 Å². The fourth-order valence-electron chi connectivity index (χ4n) is 3.30. The third-order valence-electron chi connectivity index (χ3n) is 4.33. The minimum atomic E-state index is -3.53. The molecule has 0 bridgehead atoms. The fraction of sp³-hybridized carbons (Fsp3) is 0.550. The normalized spacial score (nSPS) is 22.2. The van der Waals surface area contributed by atoms with Crippen LogP contribution in [0.1, 0.15) is 32.8 Å². The van der Waals surface area contributed by atoms with Crippen LogP contribution in [-0.2, 0) is 48.9 Å². The number of benzene rings is 1. The molecule has 1 aliphatic heterocycles. The quantitative estimate of drug-likeness (QED) is 0.410. The molecule has 0 aromatic heterocycles. The zero-order valence-corrected chi connectivity index (χ0v) is 17.9. The first-order valence-electron chi connectivity index (χ1n) is 9.43. The number of hydrogen-bond acceptors (Lipinski definition) is 9. The first-order valence-corrected chi connectivity index (χ1v) is 11.3. The van der Waals surface area contributed by atoms with Gasteiger partial charge in [0.25, 0.3) is 0 Å². The molecule has 2 rings (SSSR count). The van der Waals surface area contributed by atoms with E-state index in [0.717, 1.165) is 0 Å². The molecule has 0 radical (unpaired) electrons. The van der Waals surface area contributed by atoms with Crippen LogP contribution < -0.4 is 0 Å². The van der Waals surface area contributed by atoms with E-state index in [0.29, 0.717) is 5.56 Å². The molecule has 1 aliphatic rings. The van der Waals surface area contributed by atoms with E-state index in [-0.39, 0.29) is 24.5 Å². The van der Waals surface area contributed by atoms with Gasteiger partial charge in [0.1, 0.15) is 18.8 Å². The molecule has 166 valence electrons. The van der Waals surface area contributed by atoms with Crippen LogP contribution in [0.3, 0.4) is 0 Å². The second-order valence-electron chi connectivity index (χ2n) is 7.10. The summed E-state index contributed by atoms with van der Waals surface area (Å²) in [5.41, 5.74) is 0.649. The highest BCUT2D eigenvalue weighted by Crippen LogP contribution is 2.29. The molecule has 0 amide bonds. The van der Waals surface area contributed by atoms with Crippen molar-refractivity contribution in [1.29, 1.82) is 0 Å². The van der Waals surface area contributed by atoms with Crippen molar-refractivity contribution in [2.45, 2.75) is 57.4 Å². The summed E-state index contributed by atoms with van der Waals surface area (Å²) in [4.78, 5) is 34.1. The predicted molar refractivity (Wildman–Crippen MR) is 105 cm³/mol. The lowest BCUT2D eigenvalue weighted by Crippen LogP contribution is -2.43. The van der Waals surface area contributed by atoms with E-state index in [9.17, 15) is 22.8 Å². The van der Waals surface area contributed by atoms with Gasteiger partial charge < -0.3 is 18.9 Å². The monoisotopic (exact) mass is 442 g/mol. The van der Waals surface area contributed by atoms with Crippen LogP contribution in [0.4, 0.5) is 0 Å². The number of carbonyl (C=O) groups is 3. The number of esters is 3. The molecule has 30 heavy (non-hydrogen) atoms. The highest BCUT2D eigenvalue weighted by atomic mass is 32.2. The number of sulfone groups is 1. The first-order chi connectivity index (χ1) is 14.1. The van der Waals surface area contributed by atoms with Crippen LogP contribution in [0, 0.1) is 0 Å². The van der Waals surface area contributed by atoms with Crippen molar-refractivity contribution in [2.75, 3.05) is 12.4 Å². The maximum Gasteiger partial charge on any atom is 0.303 e. The summed E-state index contributed by atoms with van der Waals surface area (Å²) in [6.45, 7) is 3.28. The molecule has 1 saturated heterocycles. The van der Waals surface area contributed by atoms with Gasteiger partial charge in [-0.3, -0.25) is 14.4 Å². The Bertz CT molecular complexity index is 850. The van der Waals surface area contributed by atoms with Gasteiger partial charge in [0.05, 0.1) is 17.6 Å². The lowest BCUT2D eigenvalue weighted by Gasteiger charge is -2.26. The van der Waals surface area contributed by atoms with Gasteiger partial charge in [0, 0.05) is 27.2 Å². The maximum absolute atomic E-state index is 12.6. The minimum absolute atomic E-state index is 0.107. The molecule has 4 atom stereocenters. The van der Waals surface area contributed by atoms with E-state index in [1.807, 2.05) is 0 Å². The van der Waals surface area contributed by atoms with Crippen LogP contribution in [0.5, 0.6) is 0 Å². The minimum Gasteiger partial charge on any atom is -0.462 e. The van der Waals surface area contributed by atoms with E-state index >= 15 is 0 Å². The van der Waals surface area contributed by atoms with Crippen LogP contribution in [0.25, 0.3) is 0 Å². The zero-order valence-electron chi connectivity index (χ0n) is 17.1. The molecular formula is C20H26O9S. The van der Waals surface area contributed by atoms with Crippen molar-refractivity contribution in [3.8, 4) is 0 Å². The Hall–Kier alpha value is -2.46. The standard InChI is InChI=1S/C20H26O9S/c1-13(21)26-10-19(28-15(3)23)20-18(27-14(2)22)9-17(29-20)12-30(24,25)11-16-7-5-4-6-8-16/h4-8,17-20H,9-12H2,1-3H3/t17-,18-,19?,20+/m1/s1. The molecule has 1 unspecified atom stereocenters. The van der Waals surface area contributed by atoms with Gasteiger partial charge in [-0.05, 0) is 5.56 Å². The van der Waals surface area contributed by atoms with Crippen molar-refractivity contribution < 1.29 is 41.7 Å². The second-order valence-corrected chi connectivity index (χ2v) is 9.21. The molecule has 0 N–H and O–H groups in total. The largest absolute Gasteiger partial charge is 0.462 e. The summed E-state index contributed by atoms with van der Waals surface area (Å²) in [5.74, 6) is -2.27. The Labute approximate surface area is 175 Å². The Morgan fingerprint density at radius 1 is 1.07 bits per heavy atom. The van der Waals surface area contributed by atoms with Crippen LogP contribution in [0.2, 0.25) is 0 Å². The molecule has 0 spiro atoms. The lowest BCUT2D eigenvalue weighted by molar-refractivity contribution is -0.174. The van der Waals surface area contributed by atoms with E-state index < -0.39 is 52.2 Å². The number of hydrogen-bond donors (Lipinski definition) is 0. The summed E-state index contributed by atoms with van der Waals surface area (Å²) < 4.78 is 46.4. The van der Waals surface area contributed by atoms with Crippen molar-refractivity contribution in [2.24, 2.45) is 0 Å². The van der Waals surface area contributed by atoms with Gasteiger partial charge in [0.15, 0.2) is 15.9 Å². The summed E-state index contributed by atoms with van der Waals surface area (Å²) in [6.07, 6.45) is -3.52. The Morgan fingerprint density at radius 2 is 1.73 bits per heavy atom. The van der Waals surface area contributed by atoms with Gasteiger partial charge >= 0.3 is 17.9 Å². The number of carbonyl (C=O) groups excluding carboxylic acids is 3. The summed E-state index contributed by atoms with van der Waals surface area (Å²) in [5, 5.41) is 0. The zero-order chi connectivity index (χ0) is 22.3. The summed E-state index contributed by atoms with van der Waals surface area (Å²) >= 11 is 0. The molecule has 10 heteroatoms. The van der Waals surface area contributed by atoms with Gasteiger partial charge in [-0.2, -0.15) is 0 Å². The summed E-state index contributed by atoms with van der Waals surface area (Å²) in [7, 11) is -3.53. The average Bonchev–Trinajstić information content (AvgIpc) is 2.99. The molecular weight excluding hydrogens is 416 g/mol. The van der Waals surface area contributed by atoms with Crippen molar-refractivity contribution in [1.82, 2.24) is 0 Å². The van der Waals surface area contributed by atoms with E-state index in [1.54, 1.807) is 30.3 Å². The fourth-order valence-corrected chi connectivity index (χ4v) is 4.90. The first kappa shape index (κ1) is 23.8. The molecule has 0 saturated carbocycles. The highest BCUT2D eigenvalue weighted by Gasteiger charge is 2.45. The van der Waals surface area contributed by atoms with E-state index in [4.69, 9.17) is 18.9 Å². The average molecular weight is 442 g/mol. The molecule has 1 aromatic carbocycles. The second kappa shape index (κ2) is 10.5. The summed E-state index contributed by atoms with van der Waals surface area (Å²) in [6, 6.07) is 8.73. The SMILES string of the molecule is CC(=O)OCC(OC(C)=O)[C@H]1O[C@@H](CS(=O)(=O)Cc2ccccc2)C[C@H]1OC(C)=O. The Kier molecular flexibility index (Phi) is 8.36. The van der Waals surface area contributed by atoms with Crippen LogP contribution >= 0.6 is 0 Å². The maximum atomic E-state index is 12.6. The van der Waals surface area contributed by atoms with Crippen LogP contribution in [0.15, 0.2) is 30.3 Å². The van der Waals surface area contributed by atoms with Crippen molar-refractivity contribution in [3.05, 3.63) is 35.9 Å². The van der Waals surface area contributed by atoms with Gasteiger partial charge in [-0.15, -0.1) is 0 Å². The third kappa shape index (κ3) is 7.75. The smallest absolute Gasteiger partial charge is 0.303 e. The van der Waals surface area contributed by atoms with Crippen LogP contribution in [-0.4, -0.2) is 63.1 Å². The van der Waals surface area contributed by atoms with Crippen molar-refractivity contribution in [3.63, 3.8) is 0 Å².